The van der Waals surface area contributed by atoms with Crippen LogP contribution < -0.4 is 5.32 Å². The Bertz CT molecular complexity index is 1090. The van der Waals surface area contributed by atoms with Gasteiger partial charge in [-0.2, -0.15) is 0 Å². The van der Waals surface area contributed by atoms with Crippen molar-refractivity contribution in [2.75, 3.05) is 0 Å². The number of benzene rings is 3. The van der Waals surface area contributed by atoms with Crippen LogP contribution >= 0.6 is 0 Å². The predicted octanol–water partition coefficient (Wildman–Crippen LogP) is 5.66. The van der Waals surface area contributed by atoms with Gasteiger partial charge >= 0.3 is 0 Å². The molecule has 3 aromatic carbocycles. The summed E-state index contributed by atoms with van der Waals surface area (Å²) in [5.41, 5.74) is 4.61. The first-order valence-corrected chi connectivity index (χ1v) is 11.3. The van der Waals surface area contributed by atoms with Crippen molar-refractivity contribution in [2.45, 2.75) is 44.8 Å². The molecule has 4 aromatic rings. The molecule has 4 heteroatoms. The summed E-state index contributed by atoms with van der Waals surface area (Å²) in [6, 6.07) is 27.1. The van der Waals surface area contributed by atoms with Crippen LogP contribution in [0.1, 0.15) is 42.0 Å². The molecular formula is C28H31N3O. The van der Waals surface area contributed by atoms with E-state index in [1.807, 2.05) is 24.7 Å². The SMILES string of the molecule is CCCCc1ccccc1C(Cc1ccc(O)cc1)(NCn1ccnc1)c1ccccc1. The number of aromatic nitrogens is 2. The van der Waals surface area contributed by atoms with Crippen LogP contribution in [0.25, 0.3) is 0 Å². The molecule has 0 radical (unpaired) electrons. The van der Waals surface area contributed by atoms with Crippen molar-refractivity contribution in [2.24, 2.45) is 0 Å². The first-order valence-electron chi connectivity index (χ1n) is 11.3. The van der Waals surface area contributed by atoms with E-state index >= 15 is 0 Å². The van der Waals surface area contributed by atoms with E-state index in [2.05, 4.69) is 76.4 Å². The number of aryl methyl sites for hydroxylation is 1. The summed E-state index contributed by atoms with van der Waals surface area (Å²) in [5, 5.41) is 13.7. The molecule has 0 saturated carbocycles. The Morgan fingerprint density at radius 2 is 1.69 bits per heavy atom. The van der Waals surface area contributed by atoms with Crippen molar-refractivity contribution < 1.29 is 5.11 Å². The fourth-order valence-electron chi connectivity index (χ4n) is 4.38. The molecule has 1 unspecified atom stereocenters. The highest BCUT2D eigenvalue weighted by atomic mass is 16.3. The first kappa shape index (κ1) is 21.8. The third-order valence-corrected chi connectivity index (χ3v) is 6.07. The summed E-state index contributed by atoms with van der Waals surface area (Å²) in [7, 11) is 0. The molecule has 2 N–H and O–H groups in total. The van der Waals surface area contributed by atoms with Gasteiger partial charge in [0.05, 0.1) is 18.5 Å². The van der Waals surface area contributed by atoms with E-state index in [4.69, 9.17) is 0 Å². The molecular weight excluding hydrogens is 394 g/mol. The highest BCUT2D eigenvalue weighted by molar-refractivity contribution is 5.45. The molecule has 32 heavy (non-hydrogen) atoms. The molecule has 0 amide bonds. The zero-order valence-electron chi connectivity index (χ0n) is 18.6. The van der Waals surface area contributed by atoms with E-state index < -0.39 is 5.54 Å². The van der Waals surface area contributed by atoms with Crippen LogP contribution in [-0.2, 0) is 25.0 Å². The summed E-state index contributed by atoms with van der Waals surface area (Å²) in [4.78, 5) is 4.22. The van der Waals surface area contributed by atoms with Gasteiger partial charge in [0, 0.05) is 12.4 Å². The third kappa shape index (κ3) is 4.92. The van der Waals surface area contributed by atoms with Gasteiger partial charge in [-0.3, -0.25) is 5.32 Å². The minimum Gasteiger partial charge on any atom is -0.508 e. The number of phenols is 1. The number of unbranched alkanes of at least 4 members (excludes halogenated alkanes) is 1. The largest absolute Gasteiger partial charge is 0.508 e. The molecule has 0 aliphatic rings. The van der Waals surface area contributed by atoms with E-state index in [1.54, 1.807) is 18.3 Å². The summed E-state index contributed by atoms with van der Waals surface area (Å²) < 4.78 is 2.06. The van der Waals surface area contributed by atoms with Crippen LogP contribution in [0.2, 0.25) is 0 Å². The van der Waals surface area contributed by atoms with E-state index in [0.717, 1.165) is 31.2 Å². The molecule has 0 bridgehead atoms. The molecule has 4 rings (SSSR count). The van der Waals surface area contributed by atoms with E-state index in [9.17, 15) is 5.11 Å². The van der Waals surface area contributed by atoms with Crippen molar-refractivity contribution in [3.63, 3.8) is 0 Å². The van der Waals surface area contributed by atoms with Crippen LogP contribution in [0.5, 0.6) is 5.75 Å². The molecule has 0 aliphatic carbocycles. The summed E-state index contributed by atoms with van der Waals surface area (Å²) in [6.07, 6.45) is 9.74. The molecule has 164 valence electrons. The standard InChI is InChI=1S/C28H31N3O/c1-2-3-9-24-10-7-8-13-27(24)28(25-11-5-4-6-12-25,30-22-31-19-18-29-21-31)20-23-14-16-26(32)17-15-23/h4-8,10-19,21,30,32H,2-3,9,20,22H2,1H3. The zero-order chi connectivity index (χ0) is 22.2. The Hall–Kier alpha value is -3.37. The van der Waals surface area contributed by atoms with Gasteiger partial charge in [-0.15, -0.1) is 0 Å². The monoisotopic (exact) mass is 425 g/mol. The van der Waals surface area contributed by atoms with Crippen molar-refractivity contribution in [3.8, 4) is 5.75 Å². The van der Waals surface area contributed by atoms with Crippen LogP contribution in [0.3, 0.4) is 0 Å². The summed E-state index contributed by atoms with van der Waals surface area (Å²) >= 11 is 0. The average molecular weight is 426 g/mol. The van der Waals surface area contributed by atoms with Crippen LogP contribution in [-0.4, -0.2) is 14.7 Å². The van der Waals surface area contributed by atoms with E-state index in [-0.39, 0.29) is 5.75 Å². The Balaban J connectivity index is 1.86. The van der Waals surface area contributed by atoms with Crippen molar-refractivity contribution >= 4 is 0 Å². The second kappa shape index (κ2) is 10.3. The molecule has 0 spiro atoms. The lowest BCUT2D eigenvalue weighted by atomic mass is 9.75. The minimum atomic E-state index is -0.438. The smallest absolute Gasteiger partial charge is 0.115 e. The van der Waals surface area contributed by atoms with Gasteiger partial charge < -0.3 is 9.67 Å². The number of imidazole rings is 1. The second-order valence-electron chi connectivity index (χ2n) is 8.29. The zero-order valence-corrected chi connectivity index (χ0v) is 18.6. The molecule has 4 nitrogen and oxygen atoms in total. The predicted molar refractivity (Wildman–Crippen MR) is 129 cm³/mol. The van der Waals surface area contributed by atoms with Crippen LogP contribution in [0, 0.1) is 0 Å². The Labute approximate surface area is 190 Å². The van der Waals surface area contributed by atoms with Crippen molar-refractivity contribution in [1.29, 1.82) is 0 Å². The lowest BCUT2D eigenvalue weighted by Crippen LogP contribution is -2.46. The highest BCUT2D eigenvalue weighted by Gasteiger charge is 2.35. The topological polar surface area (TPSA) is 50.1 Å². The Kier molecular flexibility index (Phi) is 7.03. The first-order chi connectivity index (χ1) is 15.7. The van der Waals surface area contributed by atoms with Crippen molar-refractivity contribution in [1.82, 2.24) is 14.9 Å². The maximum Gasteiger partial charge on any atom is 0.115 e. The summed E-state index contributed by atoms with van der Waals surface area (Å²) in [6.45, 7) is 2.87. The van der Waals surface area contributed by atoms with Gasteiger partial charge in [-0.1, -0.05) is 80.1 Å². The summed E-state index contributed by atoms with van der Waals surface area (Å²) in [5.74, 6) is 0.286. The quantitative estimate of drug-likeness (QED) is 0.344. The molecule has 0 fully saturated rings. The number of aromatic hydroxyl groups is 1. The van der Waals surface area contributed by atoms with Gasteiger partial charge in [0.2, 0.25) is 0 Å². The maximum absolute atomic E-state index is 9.83. The molecule has 1 atom stereocenters. The van der Waals surface area contributed by atoms with E-state index in [1.165, 1.54) is 16.7 Å². The van der Waals surface area contributed by atoms with Gasteiger partial charge in [0.25, 0.3) is 0 Å². The van der Waals surface area contributed by atoms with E-state index in [0.29, 0.717) is 6.67 Å². The third-order valence-electron chi connectivity index (χ3n) is 6.07. The molecule has 0 aliphatic heterocycles. The maximum atomic E-state index is 9.83. The molecule has 1 aromatic heterocycles. The minimum absolute atomic E-state index is 0.286. The van der Waals surface area contributed by atoms with Crippen LogP contribution in [0.4, 0.5) is 0 Å². The number of rotatable bonds is 10. The van der Waals surface area contributed by atoms with Crippen LogP contribution in [0.15, 0.2) is 97.6 Å². The number of hydrogen-bond acceptors (Lipinski definition) is 3. The number of nitrogens with one attached hydrogen (secondary N) is 1. The second-order valence-corrected chi connectivity index (χ2v) is 8.29. The Morgan fingerprint density at radius 1 is 0.938 bits per heavy atom. The van der Waals surface area contributed by atoms with Gasteiger partial charge in [0.15, 0.2) is 0 Å². The number of nitrogens with zero attached hydrogens (tertiary/aromatic N) is 2. The van der Waals surface area contributed by atoms with Gasteiger partial charge in [0.1, 0.15) is 5.75 Å². The van der Waals surface area contributed by atoms with Gasteiger partial charge in [-0.25, -0.2) is 4.98 Å². The lowest BCUT2D eigenvalue weighted by molar-refractivity contribution is 0.353. The number of phenolic OH excluding ortho intramolecular Hbond substituents is 1. The molecule has 0 saturated heterocycles. The number of hydrogen-bond donors (Lipinski definition) is 2. The molecule has 1 heterocycles. The average Bonchev–Trinajstić information content (AvgIpc) is 3.36. The fraction of sp³-hybridized carbons (Fsp3) is 0.250. The normalized spacial score (nSPS) is 13.0. The highest BCUT2D eigenvalue weighted by Crippen LogP contribution is 2.36. The Morgan fingerprint density at radius 3 is 2.41 bits per heavy atom. The fourth-order valence-corrected chi connectivity index (χ4v) is 4.38. The lowest BCUT2D eigenvalue weighted by Gasteiger charge is -2.38. The van der Waals surface area contributed by atoms with Gasteiger partial charge in [-0.05, 0) is 53.6 Å². The van der Waals surface area contributed by atoms with Crippen molar-refractivity contribution in [3.05, 3.63) is 120 Å².